The highest BCUT2D eigenvalue weighted by molar-refractivity contribution is 5.93. The van der Waals surface area contributed by atoms with Crippen molar-refractivity contribution >= 4 is 22.7 Å². The number of carbonyl (C=O) groups excluding carboxylic acids is 1. The van der Waals surface area contributed by atoms with Crippen molar-refractivity contribution in [1.82, 2.24) is 4.57 Å². The first-order valence-electron chi connectivity index (χ1n) is 6.83. The van der Waals surface area contributed by atoms with Crippen LogP contribution in [-0.2, 0) is 6.42 Å². The number of anilines is 1. The predicted molar refractivity (Wildman–Crippen MR) is 80.1 cm³/mol. The highest BCUT2D eigenvalue weighted by Gasteiger charge is 2.32. The molecule has 2 N–H and O–H groups in total. The van der Waals surface area contributed by atoms with E-state index in [2.05, 4.69) is 0 Å². The second-order valence-corrected chi connectivity index (χ2v) is 5.19. The van der Waals surface area contributed by atoms with Gasteiger partial charge >= 0.3 is 5.76 Å². The molecule has 1 atom stereocenters. The number of para-hydroxylation sites is 1. The zero-order chi connectivity index (χ0) is 15.3. The summed E-state index contributed by atoms with van der Waals surface area (Å²) in [7, 11) is 0. The quantitative estimate of drug-likeness (QED) is 0.692. The summed E-state index contributed by atoms with van der Waals surface area (Å²) in [4.78, 5) is 24.6. The molecule has 0 saturated carbocycles. The smallest absolute Gasteiger partial charge is 0.427 e. The summed E-state index contributed by atoms with van der Waals surface area (Å²) >= 11 is 0. The molecule has 1 unspecified atom stereocenters. The minimum atomic E-state index is -0.731. The van der Waals surface area contributed by atoms with Crippen LogP contribution in [0.15, 0.2) is 51.7 Å². The molecule has 0 radical (unpaired) electrons. The number of hydrogen-bond acceptors (Lipinski definition) is 5. The van der Waals surface area contributed by atoms with Crippen LogP contribution in [0.3, 0.4) is 0 Å². The minimum Gasteiger partial charge on any atom is -0.480 e. The van der Waals surface area contributed by atoms with E-state index < -0.39 is 17.8 Å². The number of fused-ring (bicyclic) bond motifs is 2. The molecule has 110 valence electrons. The number of carbonyl (C=O) groups is 1. The van der Waals surface area contributed by atoms with Gasteiger partial charge in [-0.15, -0.1) is 0 Å². The summed E-state index contributed by atoms with van der Waals surface area (Å²) in [5.74, 6) is -0.499. The third-order valence-corrected chi connectivity index (χ3v) is 3.75. The van der Waals surface area contributed by atoms with Crippen LogP contribution in [0.1, 0.15) is 10.4 Å². The molecule has 0 bridgehead atoms. The van der Waals surface area contributed by atoms with Gasteiger partial charge in [0.2, 0.25) is 0 Å². The second kappa shape index (κ2) is 4.49. The maximum atomic E-state index is 12.6. The summed E-state index contributed by atoms with van der Waals surface area (Å²) in [6, 6.07) is 12.2. The Morgan fingerprint density at radius 3 is 2.86 bits per heavy atom. The lowest BCUT2D eigenvalue weighted by Gasteiger charge is -2.09. The van der Waals surface area contributed by atoms with Crippen LogP contribution in [0.5, 0.6) is 5.75 Å². The third kappa shape index (κ3) is 1.81. The Balaban J connectivity index is 1.76. The largest absolute Gasteiger partial charge is 0.480 e. The molecule has 3 aromatic rings. The number of ether oxygens (including phenoxy) is 1. The molecule has 6 heteroatoms. The summed E-state index contributed by atoms with van der Waals surface area (Å²) in [5, 5.41) is 0. The number of oxazole rings is 1. The van der Waals surface area contributed by atoms with Crippen molar-refractivity contribution in [2.24, 2.45) is 0 Å². The molecule has 2 heterocycles. The fourth-order valence-electron chi connectivity index (χ4n) is 2.71. The zero-order valence-electron chi connectivity index (χ0n) is 11.5. The average Bonchev–Trinajstić information content (AvgIpc) is 3.06. The molecule has 0 aliphatic carbocycles. The first-order chi connectivity index (χ1) is 10.6. The summed E-state index contributed by atoms with van der Waals surface area (Å²) in [6.45, 7) is 0. The first kappa shape index (κ1) is 12.7. The van der Waals surface area contributed by atoms with Crippen LogP contribution in [0, 0.1) is 0 Å². The first-order valence-corrected chi connectivity index (χ1v) is 6.83. The van der Waals surface area contributed by atoms with E-state index in [1.165, 1.54) is 6.07 Å². The standard InChI is InChI=1S/C16H12N2O4/c17-10-5-6-11-13(8-10)22-16(20)18(11)15(19)14-7-9-3-1-2-4-12(9)21-14/h1-6,8,14H,7,17H2. The molecule has 4 rings (SSSR count). The highest BCUT2D eigenvalue weighted by atomic mass is 16.5. The number of nitrogen functional groups attached to an aromatic ring is 1. The molecular formula is C16H12N2O4. The molecule has 1 aliphatic rings. The lowest BCUT2D eigenvalue weighted by molar-refractivity contribution is 0.0730. The highest BCUT2D eigenvalue weighted by Crippen LogP contribution is 2.29. The van der Waals surface area contributed by atoms with Crippen LogP contribution >= 0.6 is 0 Å². The molecule has 22 heavy (non-hydrogen) atoms. The maximum Gasteiger partial charge on any atom is 0.427 e. The van der Waals surface area contributed by atoms with E-state index in [0.717, 1.165) is 10.1 Å². The molecule has 2 aromatic carbocycles. The number of aromatic nitrogens is 1. The summed E-state index contributed by atoms with van der Waals surface area (Å²) in [6.07, 6.45) is -0.295. The SMILES string of the molecule is Nc1ccc2c(c1)oc(=O)n2C(=O)C1Cc2ccccc2O1. The fraction of sp³-hybridized carbons (Fsp3) is 0.125. The lowest BCUT2D eigenvalue weighted by Crippen LogP contribution is -2.35. The van der Waals surface area contributed by atoms with Gasteiger partial charge in [0, 0.05) is 18.2 Å². The van der Waals surface area contributed by atoms with Gasteiger partial charge in [-0.1, -0.05) is 18.2 Å². The Bertz CT molecular complexity index is 929. The van der Waals surface area contributed by atoms with Gasteiger partial charge in [-0.25, -0.2) is 9.36 Å². The molecule has 1 aromatic heterocycles. The van der Waals surface area contributed by atoms with Crippen LogP contribution < -0.4 is 16.2 Å². The van der Waals surface area contributed by atoms with E-state index >= 15 is 0 Å². The van der Waals surface area contributed by atoms with E-state index in [1.54, 1.807) is 18.2 Å². The van der Waals surface area contributed by atoms with Gasteiger partial charge in [-0.3, -0.25) is 4.79 Å². The van der Waals surface area contributed by atoms with Gasteiger partial charge in [-0.2, -0.15) is 0 Å². The third-order valence-electron chi connectivity index (χ3n) is 3.75. The molecule has 0 amide bonds. The Labute approximate surface area is 124 Å². The van der Waals surface area contributed by atoms with E-state index in [-0.39, 0.29) is 5.58 Å². The molecule has 0 fully saturated rings. The van der Waals surface area contributed by atoms with E-state index in [4.69, 9.17) is 14.9 Å². The second-order valence-electron chi connectivity index (χ2n) is 5.19. The molecule has 0 spiro atoms. The van der Waals surface area contributed by atoms with Crippen molar-refractivity contribution in [1.29, 1.82) is 0 Å². The van der Waals surface area contributed by atoms with Crippen LogP contribution in [-0.4, -0.2) is 16.6 Å². The number of nitrogens with zero attached hydrogens (tertiary/aromatic N) is 1. The van der Waals surface area contributed by atoms with E-state index in [0.29, 0.717) is 23.4 Å². The van der Waals surface area contributed by atoms with Gasteiger partial charge in [0.15, 0.2) is 11.7 Å². The zero-order valence-corrected chi connectivity index (χ0v) is 11.5. The van der Waals surface area contributed by atoms with Crippen LogP contribution in [0.4, 0.5) is 5.69 Å². The van der Waals surface area contributed by atoms with Crippen molar-refractivity contribution in [3.63, 3.8) is 0 Å². The van der Waals surface area contributed by atoms with Crippen LogP contribution in [0.2, 0.25) is 0 Å². The lowest BCUT2D eigenvalue weighted by atomic mass is 10.1. The topological polar surface area (TPSA) is 87.5 Å². The number of hydrogen-bond donors (Lipinski definition) is 1. The minimum absolute atomic E-state index is 0.286. The summed E-state index contributed by atoms with van der Waals surface area (Å²) < 4.78 is 11.7. The Morgan fingerprint density at radius 2 is 2.05 bits per heavy atom. The number of benzene rings is 2. The van der Waals surface area contributed by atoms with Crippen LogP contribution in [0.25, 0.3) is 11.1 Å². The van der Waals surface area contributed by atoms with Gasteiger partial charge in [0.1, 0.15) is 5.75 Å². The number of rotatable bonds is 1. The van der Waals surface area contributed by atoms with E-state index in [1.807, 2.05) is 18.2 Å². The van der Waals surface area contributed by atoms with Gasteiger partial charge in [0.25, 0.3) is 5.91 Å². The molecular weight excluding hydrogens is 284 g/mol. The Morgan fingerprint density at radius 1 is 1.23 bits per heavy atom. The van der Waals surface area contributed by atoms with Gasteiger partial charge in [-0.05, 0) is 23.8 Å². The number of nitrogens with two attached hydrogens (primary N) is 1. The van der Waals surface area contributed by atoms with E-state index in [9.17, 15) is 9.59 Å². The molecule has 0 saturated heterocycles. The Kier molecular flexibility index (Phi) is 2.59. The predicted octanol–water partition coefficient (Wildman–Crippen LogP) is 1.82. The normalized spacial score (nSPS) is 16.5. The fourth-order valence-corrected chi connectivity index (χ4v) is 2.71. The monoisotopic (exact) mass is 296 g/mol. The van der Waals surface area contributed by atoms with Crippen molar-refractivity contribution in [2.75, 3.05) is 5.73 Å². The maximum absolute atomic E-state index is 12.6. The summed E-state index contributed by atoms with van der Waals surface area (Å²) in [5.41, 5.74) is 7.75. The van der Waals surface area contributed by atoms with Crippen molar-refractivity contribution in [3.8, 4) is 5.75 Å². The van der Waals surface area contributed by atoms with Crippen molar-refractivity contribution in [3.05, 3.63) is 58.6 Å². The average molecular weight is 296 g/mol. The van der Waals surface area contributed by atoms with Gasteiger partial charge < -0.3 is 14.9 Å². The van der Waals surface area contributed by atoms with Gasteiger partial charge in [0.05, 0.1) is 5.52 Å². The van der Waals surface area contributed by atoms with Crippen molar-refractivity contribution in [2.45, 2.75) is 12.5 Å². The Hall–Kier alpha value is -3.02. The van der Waals surface area contributed by atoms with Crippen molar-refractivity contribution < 1.29 is 13.9 Å². The molecule has 6 nitrogen and oxygen atoms in total. The molecule has 1 aliphatic heterocycles.